The Morgan fingerprint density at radius 1 is 1.23 bits per heavy atom. The molecule has 7 heteroatoms. The molecule has 154 valence electrons. The first-order valence-electron chi connectivity index (χ1n) is 10.1. The number of hydrogen-bond acceptors (Lipinski definition) is 4. The maximum absolute atomic E-state index is 9.44. The number of nitrogens with zero attached hydrogens (tertiary/aromatic N) is 1. The van der Waals surface area contributed by atoms with Gasteiger partial charge in [-0.05, 0) is 44.4 Å². The van der Waals surface area contributed by atoms with E-state index in [-0.39, 0.29) is 42.1 Å². The monoisotopic (exact) mass is 483 g/mol. The highest BCUT2D eigenvalue weighted by Crippen LogP contribution is 2.39. The van der Waals surface area contributed by atoms with Crippen molar-refractivity contribution < 1.29 is 14.6 Å². The molecule has 0 bridgehead atoms. The third-order valence-corrected chi connectivity index (χ3v) is 5.34. The van der Waals surface area contributed by atoms with Crippen LogP contribution in [-0.2, 0) is 9.47 Å². The lowest BCUT2D eigenvalue weighted by Crippen LogP contribution is -2.40. The third-order valence-electron chi connectivity index (χ3n) is 5.34. The summed E-state index contributed by atoms with van der Waals surface area (Å²) in [6.07, 6.45) is 9.61. The van der Waals surface area contributed by atoms with E-state index in [9.17, 15) is 5.11 Å². The Bertz CT molecular complexity index is 379. The lowest BCUT2D eigenvalue weighted by Gasteiger charge is -2.35. The van der Waals surface area contributed by atoms with Crippen LogP contribution in [0.25, 0.3) is 0 Å². The quantitative estimate of drug-likeness (QED) is 0.193. The number of hydrogen-bond donors (Lipinski definition) is 3. The van der Waals surface area contributed by atoms with E-state index < -0.39 is 0 Å². The molecule has 1 heterocycles. The number of aliphatic hydroxyl groups is 1. The number of nitrogens with one attached hydrogen (secondary N) is 2. The summed E-state index contributed by atoms with van der Waals surface area (Å²) >= 11 is 0. The molecule has 1 saturated heterocycles. The van der Waals surface area contributed by atoms with Crippen LogP contribution >= 0.6 is 24.0 Å². The number of guanidine groups is 1. The number of aliphatic hydroxyl groups excluding tert-OH is 1. The van der Waals surface area contributed by atoms with Crippen LogP contribution in [0.4, 0.5) is 0 Å². The van der Waals surface area contributed by atoms with Crippen LogP contribution in [0.1, 0.15) is 58.3 Å². The second kappa shape index (κ2) is 14.0. The van der Waals surface area contributed by atoms with Crippen molar-refractivity contribution in [3.8, 4) is 0 Å². The Labute approximate surface area is 175 Å². The van der Waals surface area contributed by atoms with Crippen LogP contribution in [0.3, 0.4) is 0 Å². The Hall–Kier alpha value is -0.120. The van der Waals surface area contributed by atoms with Gasteiger partial charge < -0.3 is 25.2 Å². The third kappa shape index (κ3) is 8.71. The molecule has 0 aromatic heterocycles. The van der Waals surface area contributed by atoms with Gasteiger partial charge in [0.2, 0.25) is 0 Å². The molecule has 0 radical (unpaired) electrons. The first-order valence-corrected chi connectivity index (χ1v) is 10.1. The van der Waals surface area contributed by atoms with Crippen molar-refractivity contribution in [3.05, 3.63) is 0 Å². The zero-order chi connectivity index (χ0) is 17.8. The maximum atomic E-state index is 9.44. The first kappa shape index (κ1) is 23.9. The van der Waals surface area contributed by atoms with Crippen molar-refractivity contribution >= 4 is 29.9 Å². The molecule has 2 fully saturated rings. The predicted molar refractivity (Wildman–Crippen MR) is 116 cm³/mol. The highest BCUT2D eigenvalue weighted by Gasteiger charge is 2.31. The largest absolute Gasteiger partial charge is 0.396 e. The average Bonchev–Trinajstić information content (AvgIpc) is 3.14. The Morgan fingerprint density at radius 3 is 2.69 bits per heavy atom. The van der Waals surface area contributed by atoms with Crippen LogP contribution in [0.2, 0.25) is 0 Å². The van der Waals surface area contributed by atoms with Gasteiger partial charge >= 0.3 is 0 Å². The standard InChI is InChI=1S/C19H37N3O3.HI/c1-2-20-18(21-11-14-24-15-17-7-6-13-25-17)22-16-19(10-12-23)8-4-3-5-9-19;/h17,23H,2-16H2,1H3,(H2,20,21,22);1H. The Kier molecular flexibility index (Phi) is 12.8. The fraction of sp³-hybridized carbons (Fsp3) is 0.947. The molecule has 2 aliphatic rings. The molecule has 0 spiro atoms. The molecule has 1 unspecified atom stereocenters. The van der Waals surface area contributed by atoms with Crippen LogP contribution in [0.15, 0.2) is 4.99 Å². The van der Waals surface area contributed by atoms with Gasteiger partial charge in [0, 0.05) is 32.8 Å². The molecule has 3 N–H and O–H groups in total. The Morgan fingerprint density at radius 2 is 2.04 bits per heavy atom. The van der Waals surface area contributed by atoms with Gasteiger partial charge in [-0.3, -0.25) is 4.99 Å². The summed E-state index contributed by atoms with van der Waals surface area (Å²) in [5.74, 6) is 0.853. The highest BCUT2D eigenvalue weighted by molar-refractivity contribution is 14.0. The average molecular weight is 483 g/mol. The lowest BCUT2D eigenvalue weighted by molar-refractivity contribution is 0.0191. The van der Waals surface area contributed by atoms with Crippen LogP contribution in [-0.4, -0.2) is 63.2 Å². The molecule has 1 aliphatic heterocycles. The zero-order valence-corrected chi connectivity index (χ0v) is 18.6. The van der Waals surface area contributed by atoms with Gasteiger partial charge in [-0.15, -0.1) is 24.0 Å². The van der Waals surface area contributed by atoms with Gasteiger partial charge in [0.15, 0.2) is 5.96 Å². The van der Waals surface area contributed by atoms with Crippen molar-refractivity contribution in [3.63, 3.8) is 0 Å². The van der Waals surface area contributed by atoms with Gasteiger partial charge in [0.25, 0.3) is 0 Å². The molecule has 1 aliphatic carbocycles. The zero-order valence-electron chi connectivity index (χ0n) is 16.3. The topological polar surface area (TPSA) is 75.1 Å². The van der Waals surface area contributed by atoms with Gasteiger partial charge in [-0.1, -0.05) is 19.3 Å². The van der Waals surface area contributed by atoms with E-state index in [1.165, 1.54) is 32.1 Å². The minimum absolute atomic E-state index is 0. The number of ether oxygens (including phenoxy) is 2. The van der Waals surface area contributed by atoms with Crippen LogP contribution < -0.4 is 10.6 Å². The van der Waals surface area contributed by atoms with E-state index in [2.05, 4.69) is 17.6 Å². The minimum Gasteiger partial charge on any atom is -0.396 e. The van der Waals surface area contributed by atoms with Crippen molar-refractivity contribution in [2.24, 2.45) is 10.4 Å². The summed E-state index contributed by atoms with van der Waals surface area (Å²) in [4.78, 5) is 4.81. The summed E-state index contributed by atoms with van der Waals surface area (Å²) in [5.41, 5.74) is 0.186. The minimum atomic E-state index is 0. The first-order chi connectivity index (χ1) is 12.3. The maximum Gasteiger partial charge on any atom is 0.191 e. The summed E-state index contributed by atoms with van der Waals surface area (Å²) in [5, 5.41) is 16.1. The normalized spacial score (nSPS) is 22.7. The second-order valence-corrected chi connectivity index (χ2v) is 7.37. The van der Waals surface area contributed by atoms with Crippen molar-refractivity contribution in [2.75, 3.05) is 46.1 Å². The molecule has 1 atom stereocenters. The lowest BCUT2D eigenvalue weighted by atomic mass is 9.72. The van der Waals surface area contributed by atoms with Crippen molar-refractivity contribution in [2.45, 2.75) is 64.4 Å². The molecular formula is C19H38IN3O3. The van der Waals surface area contributed by atoms with E-state index in [0.717, 1.165) is 51.5 Å². The predicted octanol–water partition coefficient (Wildman–Crippen LogP) is 2.69. The van der Waals surface area contributed by atoms with Crippen LogP contribution in [0, 0.1) is 5.41 Å². The summed E-state index contributed by atoms with van der Waals surface area (Å²) in [6.45, 7) is 6.94. The van der Waals surface area contributed by atoms with Gasteiger partial charge in [0.05, 0.1) is 19.3 Å². The van der Waals surface area contributed by atoms with E-state index in [0.29, 0.717) is 13.2 Å². The molecule has 26 heavy (non-hydrogen) atoms. The van der Waals surface area contributed by atoms with E-state index >= 15 is 0 Å². The second-order valence-electron chi connectivity index (χ2n) is 7.37. The highest BCUT2D eigenvalue weighted by atomic mass is 127. The summed E-state index contributed by atoms with van der Waals surface area (Å²) < 4.78 is 11.3. The van der Waals surface area contributed by atoms with Gasteiger partial charge in [0.1, 0.15) is 0 Å². The van der Waals surface area contributed by atoms with Gasteiger partial charge in [-0.25, -0.2) is 0 Å². The fourth-order valence-corrected chi connectivity index (χ4v) is 3.85. The number of halogens is 1. The molecule has 0 aromatic carbocycles. The summed E-state index contributed by atoms with van der Waals surface area (Å²) in [7, 11) is 0. The Balaban J connectivity index is 0.00000338. The SMILES string of the molecule is CCNC(=NCC1(CCO)CCCCC1)NCCOCC1CCCO1.I. The molecule has 0 amide bonds. The molecule has 2 rings (SSSR count). The fourth-order valence-electron chi connectivity index (χ4n) is 3.85. The van der Waals surface area contributed by atoms with E-state index in [1.54, 1.807) is 0 Å². The van der Waals surface area contributed by atoms with Crippen LogP contribution in [0.5, 0.6) is 0 Å². The van der Waals surface area contributed by atoms with E-state index in [1.807, 2.05) is 0 Å². The molecule has 0 aromatic rings. The number of rotatable bonds is 10. The van der Waals surface area contributed by atoms with Crippen molar-refractivity contribution in [1.82, 2.24) is 10.6 Å². The summed E-state index contributed by atoms with van der Waals surface area (Å²) in [6, 6.07) is 0. The molecule has 1 saturated carbocycles. The van der Waals surface area contributed by atoms with Gasteiger partial charge in [-0.2, -0.15) is 0 Å². The van der Waals surface area contributed by atoms with Crippen molar-refractivity contribution in [1.29, 1.82) is 0 Å². The molecule has 6 nitrogen and oxygen atoms in total. The smallest absolute Gasteiger partial charge is 0.191 e. The number of aliphatic imine (C=N–C) groups is 1. The van der Waals surface area contributed by atoms with E-state index in [4.69, 9.17) is 14.5 Å². The molecular weight excluding hydrogens is 445 g/mol.